The fourth-order valence-electron chi connectivity index (χ4n) is 10.4. The molecule has 0 aliphatic carbocycles. The van der Waals surface area contributed by atoms with Crippen molar-refractivity contribution in [1.29, 1.82) is 0 Å². The molecule has 0 spiro atoms. The van der Waals surface area contributed by atoms with E-state index in [-0.39, 0.29) is 80.8 Å². The van der Waals surface area contributed by atoms with E-state index >= 15 is 0 Å². The topological polar surface area (TPSA) is 158 Å². The number of hydrogen-bond acceptors (Lipinski definition) is 15. The van der Waals surface area contributed by atoms with Crippen molar-refractivity contribution in [3.8, 4) is 0 Å². The van der Waals surface area contributed by atoms with Gasteiger partial charge in [0.2, 0.25) is 0 Å². The number of benzene rings is 8. The molecule has 0 saturated heterocycles. The molecule has 0 atom stereocenters. The third-order valence-electron chi connectivity index (χ3n) is 17.9. The molecule has 0 radical (unpaired) electrons. The maximum Gasteiger partial charge on any atom is 1.00 e. The SMILES string of the molecule is CCCN(C)CCCl.CCCN(C)CCO.CN(CCCl)CCOC(c1ccccc1)c1ccccc1.CN(CCO)CCO.CN(CCO)CCOC(c1ccccc1)c1ccccc1.CN(CCOC(c1ccccc1)c1ccccc1)CCO[Si](C)(C)C(C)(C)C.OC(c1ccccc1)c1ccccc1.[H-].[Na+]. The molecule has 0 aliphatic rings. The third kappa shape index (κ3) is 47.3. The molecule has 109 heavy (non-hydrogen) atoms. The molecule has 0 heterocycles. The monoisotopic (exact) mass is 1570 g/mol. The van der Waals surface area contributed by atoms with Crippen molar-refractivity contribution >= 4 is 31.5 Å². The van der Waals surface area contributed by atoms with Crippen LogP contribution in [0.4, 0.5) is 0 Å². The average molecular weight is 1570 g/mol. The van der Waals surface area contributed by atoms with Gasteiger partial charge in [-0.25, -0.2) is 0 Å². The Hall–Kier alpha value is -5.04. The fraction of sp³-hybridized carbons (Fsp3) is 0.467. The van der Waals surface area contributed by atoms with Gasteiger partial charge in [-0.2, -0.15) is 0 Å². The molecule has 5 N–H and O–H groups in total. The number of aliphatic hydroxyl groups excluding tert-OH is 5. The molecule has 0 bridgehead atoms. The van der Waals surface area contributed by atoms with Crippen molar-refractivity contribution in [2.75, 3.05) is 185 Å². The molecule has 0 saturated carbocycles. The summed E-state index contributed by atoms with van der Waals surface area (Å²) in [5, 5.41) is 44.3. The molecule has 0 unspecified atom stereocenters. The zero-order valence-corrected chi connectivity index (χ0v) is 73.2. The Labute approximate surface area is 693 Å². The van der Waals surface area contributed by atoms with Crippen LogP contribution in [0.3, 0.4) is 0 Å². The van der Waals surface area contributed by atoms with Gasteiger partial charge in [0.05, 0.1) is 46.2 Å². The van der Waals surface area contributed by atoms with Crippen LogP contribution in [0.25, 0.3) is 0 Å². The van der Waals surface area contributed by atoms with E-state index in [1.54, 1.807) is 0 Å². The summed E-state index contributed by atoms with van der Waals surface area (Å²) >= 11 is 11.2. The van der Waals surface area contributed by atoms with Gasteiger partial charge in [-0.05, 0) is 131 Å². The van der Waals surface area contributed by atoms with E-state index in [0.29, 0.717) is 45.3 Å². The number of alkyl halides is 2. The molecular formula is C90H137Cl2N6NaO9Si. The first-order valence-corrected chi connectivity index (χ1v) is 42.3. The first kappa shape index (κ1) is 102. The predicted molar refractivity (Wildman–Crippen MR) is 459 cm³/mol. The van der Waals surface area contributed by atoms with Gasteiger partial charge in [0.1, 0.15) is 24.4 Å². The minimum atomic E-state index is -1.67. The molecule has 0 fully saturated rings. The zero-order valence-electron chi connectivity index (χ0n) is 69.7. The van der Waals surface area contributed by atoms with Crippen molar-refractivity contribution in [2.45, 2.75) is 90.0 Å². The molecule has 19 heteroatoms. The van der Waals surface area contributed by atoms with E-state index in [1.807, 2.05) is 172 Å². The van der Waals surface area contributed by atoms with E-state index in [1.165, 1.54) is 28.7 Å². The van der Waals surface area contributed by atoms with Crippen LogP contribution in [0.5, 0.6) is 0 Å². The van der Waals surface area contributed by atoms with Gasteiger partial charge >= 0.3 is 29.6 Å². The number of aliphatic hydroxyl groups is 5. The Morgan fingerprint density at radius 2 is 0.514 bits per heavy atom. The smallest absolute Gasteiger partial charge is 1.00 e. The molecule has 0 aromatic heterocycles. The Morgan fingerprint density at radius 1 is 0.321 bits per heavy atom. The van der Waals surface area contributed by atoms with Crippen LogP contribution in [0.2, 0.25) is 18.1 Å². The quantitative estimate of drug-likeness (QED) is 0.0182. The fourth-order valence-corrected chi connectivity index (χ4v) is 12.1. The molecule has 8 rings (SSSR count). The molecule has 15 nitrogen and oxygen atoms in total. The number of rotatable bonds is 40. The molecule has 0 amide bonds. The normalized spacial score (nSPS) is 11.2. The van der Waals surface area contributed by atoms with Crippen LogP contribution < -0.4 is 29.6 Å². The molecule has 8 aromatic rings. The molecule has 0 aliphatic heterocycles. The van der Waals surface area contributed by atoms with E-state index in [9.17, 15) is 5.11 Å². The Balaban J connectivity index is 0.00000132. The summed E-state index contributed by atoms with van der Waals surface area (Å²) in [7, 11) is 10.5. The van der Waals surface area contributed by atoms with Gasteiger partial charge in [0, 0.05) is 83.8 Å². The van der Waals surface area contributed by atoms with Gasteiger partial charge in [0.15, 0.2) is 8.32 Å². The number of halogens is 2. The zero-order chi connectivity index (χ0) is 79.5. The van der Waals surface area contributed by atoms with Crippen LogP contribution in [0.1, 0.15) is 118 Å². The molecule has 600 valence electrons. The summed E-state index contributed by atoms with van der Waals surface area (Å²) < 4.78 is 24.9. The summed E-state index contributed by atoms with van der Waals surface area (Å²) in [6.45, 7) is 29.7. The second-order valence-electron chi connectivity index (χ2n) is 28.1. The minimum Gasteiger partial charge on any atom is -1.00 e. The second kappa shape index (κ2) is 64.4. The van der Waals surface area contributed by atoms with Crippen LogP contribution in [0.15, 0.2) is 243 Å². The number of ether oxygens (including phenoxy) is 3. The Bertz CT molecular complexity index is 2990. The summed E-state index contributed by atoms with van der Waals surface area (Å²) in [6, 6.07) is 81.5. The van der Waals surface area contributed by atoms with E-state index in [4.69, 9.17) is 62.3 Å². The van der Waals surface area contributed by atoms with Crippen molar-refractivity contribution in [3.05, 3.63) is 287 Å². The number of hydrogen-bond donors (Lipinski definition) is 5. The minimum absolute atomic E-state index is 0. The van der Waals surface area contributed by atoms with Crippen molar-refractivity contribution < 1.29 is 75.2 Å². The first-order valence-electron chi connectivity index (χ1n) is 38.4. The van der Waals surface area contributed by atoms with Gasteiger partial charge in [-0.1, -0.05) is 277 Å². The van der Waals surface area contributed by atoms with Crippen molar-refractivity contribution in [2.24, 2.45) is 0 Å². The summed E-state index contributed by atoms with van der Waals surface area (Å²) in [5.41, 5.74) is 8.93. The standard InChI is InChI=1S/C24H37NO2Si.C18H22ClNO.C18H23NO2.C13H12O.C6H14ClN.C6H15NO.C5H13NO2.Na.H/c1-24(2,3)28(5,6)27-20-18-25(4)17-19-26-23(21-13-9-7-10-14-21)22-15-11-8-12-16-22;1-20(13-12-19)14-15-21-18(16-8-4-2-5-9-16)17-10-6-3-7-11-17;1-19(12-14-20)13-15-21-18(16-8-4-2-5-9-16)17-10-6-3-7-11-17;14-13(11-7-3-1-4-8-11)12-9-5-2-6-10-12;1-3-5-8(2)6-4-7;1-3-4-7(2)5-6-8;1-6(2-4-7)3-5-8;;/h7-16,23H,17-20H2,1-6H3;2-11,18H,12-15H2,1H3;2-11,18,20H,12-15H2,1H3;1-10,13-14H;3-6H2,1-2H3;8H,3-6H2,1-2H3;7-8H,2-5H2,1H3;;/q;;;;;;;+1;-1. The van der Waals surface area contributed by atoms with E-state index in [0.717, 1.165) is 100 Å². The number of nitrogens with zero attached hydrogens (tertiary/aromatic N) is 6. The summed E-state index contributed by atoms with van der Waals surface area (Å²) in [6.07, 6.45) is 1.77. The first-order chi connectivity index (χ1) is 52.1. The summed E-state index contributed by atoms with van der Waals surface area (Å²) in [5.74, 6) is 1.40. The predicted octanol–water partition coefficient (Wildman–Crippen LogP) is 13.1. The van der Waals surface area contributed by atoms with Gasteiger partial charge in [0.25, 0.3) is 0 Å². The summed E-state index contributed by atoms with van der Waals surface area (Å²) in [4.78, 5) is 12.7. The average Bonchev–Trinajstić information content (AvgIpc) is 0.850. The number of likely N-dealkylation sites (N-methyl/N-ethyl adjacent to an activating group) is 5. The maximum atomic E-state index is 9.99. The van der Waals surface area contributed by atoms with Crippen LogP contribution >= 0.6 is 23.2 Å². The largest absolute Gasteiger partial charge is 1.00 e. The third-order valence-corrected chi connectivity index (χ3v) is 22.8. The Kier molecular flexibility index (Phi) is 60.2. The maximum absolute atomic E-state index is 9.99. The van der Waals surface area contributed by atoms with Gasteiger partial charge in [-0.3, -0.25) is 0 Å². The van der Waals surface area contributed by atoms with E-state index in [2.05, 4.69) is 190 Å². The second-order valence-corrected chi connectivity index (χ2v) is 33.7. The van der Waals surface area contributed by atoms with Gasteiger partial charge in [-0.15, -0.1) is 23.2 Å². The van der Waals surface area contributed by atoms with Gasteiger partial charge < -0.3 is 75.0 Å². The van der Waals surface area contributed by atoms with Crippen molar-refractivity contribution in [1.82, 2.24) is 29.4 Å². The van der Waals surface area contributed by atoms with E-state index < -0.39 is 14.4 Å². The van der Waals surface area contributed by atoms with Crippen molar-refractivity contribution in [3.63, 3.8) is 0 Å². The molecule has 8 aromatic carbocycles. The Morgan fingerprint density at radius 3 is 0.734 bits per heavy atom. The van der Waals surface area contributed by atoms with Crippen LogP contribution in [-0.2, 0) is 18.6 Å². The van der Waals surface area contributed by atoms with Crippen LogP contribution in [0, 0.1) is 0 Å². The van der Waals surface area contributed by atoms with Crippen LogP contribution in [-0.4, -0.2) is 249 Å². The molecular weight excluding hydrogens is 1430 g/mol.